The topological polar surface area (TPSA) is 47.6 Å². The van der Waals surface area contributed by atoms with E-state index in [1.54, 1.807) is 19.2 Å². The number of rotatable bonds is 8. The molecular formula is C24H32ClNO3. The van der Waals surface area contributed by atoms with Gasteiger partial charge < -0.3 is 14.8 Å². The van der Waals surface area contributed by atoms with Crippen molar-refractivity contribution in [1.82, 2.24) is 5.32 Å². The van der Waals surface area contributed by atoms with Gasteiger partial charge in [0.1, 0.15) is 11.5 Å². The van der Waals surface area contributed by atoms with Gasteiger partial charge >= 0.3 is 0 Å². The number of carbonyl (C=O) groups excluding carboxylic acids is 1. The van der Waals surface area contributed by atoms with Gasteiger partial charge in [0.25, 0.3) is 5.91 Å². The van der Waals surface area contributed by atoms with Crippen molar-refractivity contribution >= 4 is 17.5 Å². The van der Waals surface area contributed by atoms with Crippen LogP contribution < -0.4 is 14.8 Å². The summed E-state index contributed by atoms with van der Waals surface area (Å²) >= 11 is 6.08. The van der Waals surface area contributed by atoms with Crippen LogP contribution in [0.25, 0.3) is 0 Å². The number of hydrogen-bond acceptors (Lipinski definition) is 3. The minimum Gasteiger partial charge on any atom is -0.496 e. The number of ether oxygens (including phenoxy) is 2. The molecule has 0 radical (unpaired) electrons. The van der Waals surface area contributed by atoms with Crippen molar-refractivity contribution in [1.29, 1.82) is 0 Å². The van der Waals surface area contributed by atoms with Gasteiger partial charge in [0.05, 0.1) is 13.2 Å². The van der Waals surface area contributed by atoms with E-state index in [-0.39, 0.29) is 11.9 Å². The summed E-state index contributed by atoms with van der Waals surface area (Å²) < 4.78 is 11.5. The lowest BCUT2D eigenvalue weighted by atomic mass is 9.93. The molecule has 0 aliphatic heterocycles. The first-order valence-electron chi connectivity index (χ1n) is 10.1. The van der Waals surface area contributed by atoms with Crippen LogP contribution in [-0.4, -0.2) is 19.1 Å². The van der Waals surface area contributed by atoms with E-state index in [4.69, 9.17) is 21.1 Å². The Balaban J connectivity index is 2.17. The molecule has 2 rings (SSSR count). The zero-order valence-electron chi connectivity index (χ0n) is 18.4. The number of hydrogen-bond donors (Lipinski definition) is 1. The summed E-state index contributed by atoms with van der Waals surface area (Å²) in [7, 11) is 1.69. The SMILES string of the molecule is CC[C@@H](Oc1ccc(Cl)c(C)c1)C(=O)N[C@@H](C)c1cc(C(C)C)c(OC)cc1C. The lowest BCUT2D eigenvalue weighted by Gasteiger charge is -2.23. The second-order valence-electron chi connectivity index (χ2n) is 7.76. The standard InChI is InChI=1S/C24H32ClNO3/c1-8-22(29-18-9-10-21(25)16(5)11-18)24(27)26-17(6)20-13-19(14(2)3)23(28-7)12-15(20)4/h9-14,17,22H,8H2,1-7H3,(H,26,27)/t17-,22+/m0/s1. The Morgan fingerprint density at radius 2 is 1.76 bits per heavy atom. The fourth-order valence-electron chi connectivity index (χ4n) is 3.37. The van der Waals surface area contributed by atoms with Gasteiger partial charge in [-0.05, 0) is 85.7 Å². The molecule has 0 unspecified atom stereocenters. The van der Waals surface area contributed by atoms with Crippen molar-refractivity contribution < 1.29 is 14.3 Å². The molecule has 0 saturated heterocycles. The van der Waals surface area contributed by atoms with E-state index in [2.05, 4.69) is 25.2 Å². The third-order valence-corrected chi connectivity index (χ3v) is 5.56. The first-order chi connectivity index (χ1) is 13.7. The molecule has 29 heavy (non-hydrogen) atoms. The fourth-order valence-corrected chi connectivity index (χ4v) is 3.49. The van der Waals surface area contributed by atoms with Crippen LogP contribution in [0, 0.1) is 13.8 Å². The lowest BCUT2D eigenvalue weighted by molar-refractivity contribution is -0.128. The Bertz CT molecular complexity index is 863. The summed E-state index contributed by atoms with van der Waals surface area (Å²) in [5, 5.41) is 3.79. The molecule has 4 nitrogen and oxygen atoms in total. The van der Waals surface area contributed by atoms with Gasteiger partial charge in [0.2, 0.25) is 0 Å². The first-order valence-corrected chi connectivity index (χ1v) is 10.5. The molecule has 0 spiro atoms. The second-order valence-corrected chi connectivity index (χ2v) is 8.17. The van der Waals surface area contributed by atoms with E-state index in [0.29, 0.717) is 23.1 Å². The smallest absolute Gasteiger partial charge is 0.261 e. The van der Waals surface area contributed by atoms with Crippen molar-refractivity contribution in [2.24, 2.45) is 0 Å². The Labute approximate surface area is 179 Å². The first kappa shape index (κ1) is 23.1. The number of amides is 1. The minimum absolute atomic E-state index is 0.131. The van der Waals surface area contributed by atoms with Crippen molar-refractivity contribution in [3.63, 3.8) is 0 Å². The molecule has 0 aliphatic rings. The van der Waals surface area contributed by atoms with Gasteiger partial charge in [-0.25, -0.2) is 0 Å². The van der Waals surface area contributed by atoms with Gasteiger partial charge in [-0.2, -0.15) is 0 Å². The zero-order chi connectivity index (χ0) is 21.7. The van der Waals surface area contributed by atoms with Crippen molar-refractivity contribution in [2.45, 2.75) is 66.0 Å². The number of carbonyl (C=O) groups is 1. The van der Waals surface area contributed by atoms with Crippen LogP contribution in [0.5, 0.6) is 11.5 Å². The van der Waals surface area contributed by atoms with E-state index in [9.17, 15) is 4.79 Å². The normalized spacial score (nSPS) is 13.1. The predicted molar refractivity (Wildman–Crippen MR) is 119 cm³/mol. The molecule has 1 N–H and O–H groups in total. The summed E-state index contributed by atoms with van der Waals surface area (Å²) in [5.41, 5.74) is 4.22. The summed E-state index contributed by atoms with van der Waals surface area (Å²) in [6.45, 7) is 12.2. The van der Waals surface area contributed by atoms with Gasteiger partial charge in [0.15, 0.2) is 6.10 Å². The summed E-state index contributed by atoms with van der Waals surface area (Å²) in [4.78, 5) is 12.9. The van der Waals surface area contributed by atoms with E-state index < -0.39 is 6.10 Å². The van der Waals surface area contributed by atoms with Crippen LogP contribution in [0.3, 0.4) is 0 Å². The molecule has 2 aromatic carbocycles. The molecule has 2 atom stereocenters. The quantitative estimate of drug-likeness (QED) is 0.562. The van der Waals surface area contributed by atoms with Crippen molar-refractivity contribution in [3.8, 4) is 11.5 Å². The second kappa shape index (κ2) is 10.0. The zero-order valence-corrected chi connectivity index (χ0v) is 19.2. The molecule has 0 aliphatic carbocycles. The molecular weight excluding hydrogens is 386 g/mol. The Hall–Kier alpha value is -2.20. The molecule has 1 amide bonds. The van der Waals surface area contributed by atoms with Crippen LogP contribution in [0.4, 0.5) is 0 Å². The number of aryl methyl sites for hydroxylation is 2. The molecule has 0 saturated carbocycles. The molecule has 158 valence electrons. The third-order valence-electron chi connectivity index (χ3n) is 5.14. The van der Waals surface area contributed by atoms with Crippen LogP contribution in [-0.2, 0) is 4.79 Å². The summed E-state index contributed by atoms with van der Waals surface area (Å²) in [5.74, 6) is 1.72. The predicted octanol–water partition coefficient (Wildman–Crippen LogP) is 6.12. The van der Waals surface area contributed by atoms with E-state index in [0.717, 1.165) is 28.0 Å². The van der Waals surface area contributed by atoms with Crippen LogP contribution in [0.2, 0.25) is 5.02 Å². The van der Waals surface area contributed by atoms with Crippen molar-refractivity contribution in [2.75, 3.05) is 7.11 Å². The van der Waals surface area contributed by atoms with E-state index in [1.165, 1.54) is 0 Å². The highest BCUT2D eigenvalue weighted by atomic mass is 35.5. The Morgan fingerprint density at radius 3 is 2.31 bits per heavy atom. The number of benzene rings is 2. The monoisotopic (exact) mass is 417 g/mol. The number of halogens is 1. The minimum atomic E-state index is -0.568. The molecule has 0 aromatic heterocycles. The van der Waals surface area contributed by atoms with Gasteiger partial charge in [-0.1, -0.05) is 32.4 Å². The van der Waals surface area contributed by atoms with Crippen LogP contribution in [0.15, 0.2) is 30.3 Å². The highest BCUT2D eigenvalue weighted by Gasteiger charge is 2.22. The van der Waals surface area contributed by atoms with Crippen LogP contribution in [0.1, 0.15) is 68.3 Å². The van der Waals surface area contributed by atoms with Gasteiger partial charge in [-0.15, -0.1) is 0 Å². The molecule has 0 fully saturated rings. The Morgan fingerprint density at radius 1 is 1.07 bits per heavy atom. The van der Waals surface area contributed by atoms with Crippen LogP contribution >= 0.6 is 11.6 Å². The lowest BCUT2D eigenvalue weighted by Crippen LogP contribution is -2.39. The maximum absolute atomic E-state index is 12.9. The van der Waals surface area contributed by atoms with Gasteiger partial charge in [-0.3, -0.25) is 4.79 Å². The molecule has 2 aromatic rings. The van der Waals surface area contributed by atoms with E-state index >= 15 is 0 Å². The average Bonchev–Trinajstić information content (AvgIpc) is 2.67. The summed E-state index contributed by atoms with van der Waals surface area (Å²) in [6.07, 6.45) is 0.000138. The van der Waals surface area contributed by atoms with E-state index in [1.807, 2.05) is 39.8 Å². The maximum Gasteiger partial charge on any atom is 0.261 e. The average molecular weight is 418 g/mol. The number of methoxy groups -OCH3 is 1. The molecule has 0 heterocycles. The van der Waals surface area contributed by atoms with Gasteiger partial charge in [0, 0.05) is 5.02 Å². The Kier molecular flexibility index (Phi) is 7.97. The molecule has 0 bridgehead atoms. The summed E-state index contributed by atoms with van der Waals surface area (Å²) in [6, 6.07) is 9.46. The molecule has 5 heteroatoms. The maximum atomic E-state index is 12.9. The fraction of sp³-hybridized carbons (Fsp3) is 0.458. The number of nitrogens with one attached hydrogen (secondary N) is 1. The highest BCUT2D eigenvalue weighted by molar-refractivity contribution is 6.31. The van der Waals surface area contributed by atoms with Crippen molar-refractivity contribution in [3.05, 3.63) is 57.6 Å². The highest BCUT2D eigenvalue weighted by Crippen LogP contribution is 2.32. The third kappa shape index (κ3) is 5.66. The largest absolute Gasteiger partial charge is 0.496 e.